The molecule has 0 fully saturated rings. The van der Waals surface area contributed by atoms with Crippen LogP contribution in [0.3, 0.4) is 0 Å². The second-order valence-corrected chi connectivity index (χ2v) is 5.15. The van der Waals surface area contributed by atoms with Crippen LogP contribution in [0.5, 0.6) is 0 Å². The molecule has 0 aliphatic rings. The molecule has 1 heterocycles. The van der Waals surface area contributed by atoms with E-state index in [0.717, 1.165) is 20.0 Å². The monoisotopic (exact) mass is 384 g/mol. The lowest BCUT2D eigenvalue weighted by atomic mass is 10.4. The van der Waals surface area contributed by atoms with Crippen molar-refractivity contribution in [2.24, 2.45) is 0 Å². The Balaban J connectivity index is 2.84. The first kappa shape index (κ1) is 21.9. The van der Waals surface area contributed by atoms with E-state index in [2.05, 4.69) is 35.6 Å². The van der Waals surface area contributed by atoms with Gasteiger partial charge in [0.15, 0.2) is 0 Å². The van der Waals surface area contributed by atoms with E-state index in [4.69, 9.17) is 9.47 Å². The molecule has 0 saturated heterocycles. The lowest BCUT2D eigenvalue weighted by Crippen LogP contribution is -2.22. The number of ether oxygens (including phenoxy) is 3. The molecule has 1 rings (SSSR count). The molecule has 0 aliphatic heterocycles. The van der Waals surface area contributed by atoms with E-state index < -0.39 is 18.3 Å². The van der Waals surface area contributed by atoms with Crippen molar-refractivity contribution in [2.45, 2.75) is 39.5 Å². The van der Waals surface area contributed by atoms with E-state index in [0.29, 0.717) is 12.8 Å². The maximum Gasteiger partial charge on any atom is 0.414 e. The number of hydrogen-bond donors (Lipinski definition) is 3. The summed E-state index contributed by atoms with van der Waals surface area (Å²) >= 11 is 0. The lowest BCUT2D eigenvalue weighted by molar-refractivity contribution is 0.159. The van der Waals surface area contributed by atoms with Gasteiger partial charge in [-0.05, 0) is 12.8 Å². The third kappa shape index (κ3) is 9.18. The van der Waals surface area contributed by atoms with Crippen LogP contribution >= 0.6 is 0 Å². The number of aromatic nitrogens is 3. The van der Waals surface area contributed by atoms with Crippen LogP contribution in [-0.2, 0) is 14.2 Å². The number of rotatable bonds is 9. The van der Waals surface area contributed by atoms with Gasteiger partial charge in [0.25, 0.3) is 0 Å². The summed E-state index contributed by atoms with van der Waals surface area (Å²) in [5.74, 6) is -0.715. The van der Waals surface area contributed by atoms with Gasteiger partial charge in [0, 0.05) is 0 Å². The van der Waals surface area contributed by atoms with E-state index in [1.807, 2.05) is 13.8 Å². The van der Waals surface area contributed by atoms with Crippen LogP contribution in [0, 0.1) is 0 Å². The summed E-state index contributed by atoms with van der Waals surface area (Å²) in [4.78, 5) is 46.3. The van der Waals surface area contributed by atoms with Gasteiger partial charge in [-0.1, -0.05) is 26.7 Å². The highest BCUT2D eigenvalue weighted by Crippen LogP contribution is 2.10. The van der Waals surface area contributed by atoms with Crippen molar-refractivity contribution in [3.8, 4) is 0 Å². The van der Waals surface area contributed by atoms with Gasteiger partial charge >= 0.3 is 18.3 Å². The van der Waals surface area contributed by atoms with Crippen molar-refractivity contribution in [1.82, 2.24) is 15.0 Å². The largest absolute Gasteiger partial charge is 0.453 e. The molecule has 12 nitrogen and oxygen atoms in total. The molecule has 0 aromatic carbocycles. The van der Waals surface area contributed by atoms with Crippen molar-refractivity contribution in [3.63, 3.8) is 0 Å². The number of carbonyl (C=O) groups is 3. The van der Waals surface area contributed by atoms with Gasteiger partial charge in [-0.2, -0.15) is 15.0 Å². The highest BCUT2D eigenvalue weighted by molar-refractivity contribution is 5.86. The van der Waals surface area contributed by atoms with E-state index in [1.165, 1.54) is 0 Å². The number of hydrogen-bond acceptors (Lipinski definition) is 9. The minimum Gasteiger partial charge on any atom is -0.453 e. The highest BCUT2D eigenvalue weighted by Gasteiger charge is 2.14. The molecule has 0 spiro atoms. The number of amides is 3. The van der Waals surface area contributed by atoms with Crippen LogP contribution in [0.2, 0.25) is 0 Å². The highest BCUT2D eigenvalue weighted by atomic mass is 16.6. The predicted molar refractivity (Wildman–Crippen MR) is 95.6 cm³/mol. The summed E-state index contributed by atoms with van der Waals surface area (Å²) < 4.78 is 14.3. The van der Waals surface area contributed by atoms with Crippen molar-refractivity contribution in [2.75, 3.05) is 36.3 Å². The molecule has 12 heteroatoms. The Morgan fingerprint density at radius 2 is 1.11 bits per heavy atom. The molecule has 0 unspecified atom stereocenters. The average molecular weight is 384 g/mol. The maximum atomic E-state index is 11.7. The van der Waals surface area contributed by atoms with Crippen LogP contribution in [-0.4, -0.2) is 53.6 Å². The number of nitrogens with one attached hydrogen (secondary N) is 3. The zero-order chi connectivity index (χ0) is 20.1. The minimum absolute atomic E-state index is 0.232. The van der Waals surface area contributed by atoms with Gasteiger partial charge < -0.3 is 14.2 Å². The molecule has 0 atom stereocenters. The molecule has 0 radical (unpaired) electrons. The Morgan fingerprint density at radius 1 is 0.741 bits per heavy atom. The van der Waals surface area contributed by atoms with Crippen molar-refractivity contribution in [3.05, 3.63) is 0 Å². The van der Waals surface area contributed by atoms with Crippen LogP contribution in [0.1, 0.15) is 39.5 Å². The smallest absolute Gasteiger partial charge is 0.414 e. The van der Waals surface area contributed by atoms with Crippen LogP contribution in [0.4, 0.5) is 32.2 Å². The molecular formula is C15H24N6O6. The van der Waals surface area contributed by atoms with Gasteiger partial charge in [-0.3, -0.25) is 16.0 Å². The van der Waals surface area contributed by atoms with Gasteiger partial charge in [0.2, 0.25) is 17.8 Å². The summed E-state index contributed by atoms with van der Waals surface area (Å²) in [5, 5.41) is 6.80. The molecule has 0 aliphatic carbocycles. The van der Waals surface area contributed by atoms with Gasteiger partial charge in [0.1, 0.15) is 0 Å². The Kier molecular flexibility index (Phi) is 9.89. The van der Waals surface area contributed by atoms with E-state index in [1.54, 1.807) is 0 Å². The van der Waals surface area contributed by atoms with Gasteiger partial charge in [0.05, 0.1) is 20.3 Å². The first-order valence-corrected chi connectivity index (χ1v) is 8.47. The molecule has 150 valence electrons. The first-order chi connectivity index (χ1) is 13.0. The summed E-state index contributed by atoms with van der Waals surface area (Å²) in [5.41, 5.74) is 0. The van der Waals surface area contributed by atoms with Crippen LogP contribution in [0.15, 0.2) is 0 Å². The fourth-order valence-electron chi connectivity index (χ4n) is 1.56. The zero-order valence-corrected chi connectivity index (χ0v) is 15.5. The molecule has 0 bridgehead atoms. The van der Waals surface area contributed by atoms with E-state index in [9.17, 15) is 14.4 Å². The predicted octanol–water partition coefficient (Wildman–Crippen LogP) is 2.75. The number of nitrogens with zero attached hydrogens (tertiary/aromatic N) is 3. The summed E-state index contributed by atoms with van der Waals surface area (Å²) in [6.45, 7) is 4.37. The van der Waals surface area contributed by atoms with Crippen LogP contribution in [0.25, 0.3) is 0 Å². The molecule has 0 saturated carbocycles. The molecule has 1 aromatic rings. The maximum absolute atomic E-state index is 11.7. The third-order valence-electron chi connectivity index (χ3n) is 2.92. The quantitative estimate of drug-likeness (QED) is 0.430. The van der Waals surface area contributed by atoms with E-state index >= 15 is 0 Å². The summed E-state index contributed by atoms with van der Waals surface area (Å²) in [6, 6.07) is 0. The molecule has 3 amide bonds. The minimum atomic E-state index is -0.839. The van der Waals surface area contributed by atoms with Gasteiger partial charge in [-0.15, -0.1) is 0 Å². The topological polar surface area (TPSA) is 154 Å². The lowest BCUT2D eigenvalue weighted by Gasteiger charge is -2.10. The second kappa shape index (κ2) is 12.2. The molecule has 1 aromatic heterocycles. The number of anilines is 3. The summed E-state index contributed by atoms with van der Waals surface area (Å²) in [6.07, 6.45) is 0.729. The number of methoxy groups -OCH3 is 1. The normalized spacial score (nSPS) is 9.89. The first-order valence-electron chi connectivity index (χ1n) is 8.47. The molecular weight excluding hydrogens is 360 g/mol. The van der Waals surface area contributed by atoms with Gasteiger partial charge in [-0.25, -0.2) is 14.4 Å². The molecule has 3 N–H and O–H groups in total. The van der Waals surface area contributed by atoms with Crippen molar-refractivity contribution < 1.29 is 28.6 Å². The third-order valence-corrected chi connectivity index (χ3v) is 2.92. The van der Waals surface area contributed by atoms with E-state index in [-0.39, 0.29) is 31.1 Å². The fourth-order valence-corrected chi connectivity index (χ4v) is 1.56. The Bertz CT molecular complexity index is 599. The summed E-state index contributed by atoms with van der Waals surface area (Å²) in [7, 11) is 1.16. The zero-order valence-electron chi connectivity index (χ0n) is 15.5. The van der Waals surface area contributed by atoms with Crippen molar-refractivity contribution in [1.29, 1.82) is 0 Å². The number of carbonyl (C=O) groups excluding carboxylic acids is 3. The Hall–Kier alpha value is -3.18. The molecule has 27 heavy (non-hydrogen) atoms. The SMILES string of the molecule is CCCCOC(=O)Nc1nc(NC(=O)OC)nc(NC(=O)OCCCC)n1. The van der Waals surface area contributed by atoms with Crippen LogP contribution < -0.4 is 16.0 Å². The second-order valence-electron chi connectivity index (χ2n) is 5.15. The number of unbranched alkanes of at least 4 members (excludes halogenated alkanes) is 2. The fraction of sp³-hybridized carbons (Fsp3) is 0.600. The van der Waals surface area contributed by atoms with Crippen molar-refractivity contribution >= 4 is 36.1 Å². The standard InChI is InChI=1S/C15H24N6O6/c1-4-6-8-26-14(23)20-11-16-10(19-13(22)25-3)17-12(18-11)21-15(24)27-9-7-5-2/h4-9H2,1-3H3,(H3,16,17,18,19,20,21,22,23,24). The Labute approximate surface area is 156 Å². The Morgan fingerprint density at radius 3 is 1.44 bits per heavy atom. The average Bonchev–Trinajstić information content (AvgIpc) is 2.61.